The molecule has 0 aromatic heterocycles. The average Bonchev–Trinajstić information content (AvgIpc) is 3.79. The number of methoxy groups -OCH3 is 4. The second-order valence-corrected chi connectivity index (χ2v) is 15.2. The van der Waals surface area contributed by atoms with Crippen LogP contribution >= 0.6 is 0 Å². The molecular weight excluding hydrogens is 777 g/mol. The molecule has 0 amide bonds. The van der Waals surface area contributed by atoms with Gasteiger partial charge in [-0.1, -0.05) is 121 Å². The van der Waals surface area contributed by atoms with E-state index < -0.39 is 10.8 Å². The summed E-state index contributed by atoms with van der Waals surface area (Å²) in [7, 11) is 6.19. The Kier molecular flexibility index (Phi) is 9.99. The van der Waals surface area contributed by atoms with Crippen LogP contribution in [0, 0.1) is 0 Å². The first-order valence-corrected chi connectivity index (χ1v) is 20.1. The molecule has 0 aliphatic heterocycles. The summed E-state index contributed by atoms with van der Waals surface area (Å²) in [4.78, 5) is 0. The Morgan fingerprint density at radius 3 is 0.710 bits per heavy atom. The van der Waals surface area contributed by atoms with Crippen LogP contribution in [0.2, 0.25) is 0 Å². The number of hydrogen-bond acceptors (Lipinski definition) is 8. The van der Waals surface area contributed by atoms with Crippen LogP contribution in [0.25, 0.3) is 22.3 Å². The van der Waals surface area contributed by atoms with Gasteiger partial charge in [-0.25, -0.2) is 0 Å². The van der Waals surface area contributed by atoms with Crippen molar-refractivity contribution in [3.05, 3.63) is 214 Å². The topological polar surface area (TPSA) is 118 Å². The molecule has 4 N–H and O–H groups in total. The number of benzene rings is 8. The van der Waals surface area contributed by atoms with Crippen molar-refractivity contribution in [3.63, 3.8) is 0 Å². The van der Waals surface area contributed by atoms with Crippen molar-refractivity contribution in [1.82, 2.24) is 0 Å². The largest absolute Gasteiger partial charge is 0.504 e. The van der Waals surface area contributed by atoms with Crippen LogP contribution in [0.3, 0.4) is 0 Å². The fraction of sp³-hybridized carbons (Fsp3) is 0.111. The molecule has 0 saturated carbocycles. The van der Waals surface area contributed by atoms with E-state index >= 15 is 0 Å². The number of phenolic OH excluding ortho intramolecular Hbond substituents is 4. The Bertz CT molecular complexity index is 2580. The van der Waals surface area contributed by atoms with Gasteiger partial charge in [-0.3, -0.25) is 0 Å². The lowest BCUT2D eigenvalue weighted by Gasteiger charge is -2.34. The van der Waals surface area contributed by atoms with Crippen LogP contribution in [0.15, 0.2) is 170 Å². The van der Waals surface area contributed by atoms with Crippen molar-refractivity contribution >= 4 is 0 Å². The number of ether oxygens (including phenoxy) is 4. The van der Waals surface area contributed by atoms with Gasteiger partial charge >= 0.3 is 0 Å². The molecule has 0 fully saturated rings. The molecule has 2 aliphatic carbocycles. The predicted octanol–water partition coefficient (Wildman–Crippen LogP) is 11.0. The molecule has 0 spiro atoms. The lowest BCUT2D eigenvalue weighted by molar-refractivity contribution is 0.371. The van der Waals surface area contributed by atoms with Crippen LogP contribution in [-0.4, -0.2) is 48.9 Å². The molecule has 8 aromatic rings. The molecule has 10 rings (SSSR count). The van der Waals surface area contributed by atoms with E-state index in [0.29, 0.717) is 23.0 Å². The molecule has 308 valence electrons. The summed E-state index contributed by atoms with van der Waals surface area (Å²) < 4.78 is 21.8. The normalized spacial score (nSPS) is 13.4. The van der Waals surface area contributed by atoms with Crippen molar-refractivity contribution in [3.8, 4) is 68.2 Å². The van der Waals surface area contributed by atoms with E-state index in [2.05, 4.69) is 48.5 Å². The molecule has 8 aromatic carbocycles. The minimum absolute atomic E-state index is 0.0873. The highest BCUT2D eigenvalue weighted by Gasteiger charge is 2.48. The molecule has 0 bridgehead atoms. The Labute approximate surface area is 360 Å². The number of aromatic hydroxyl groups is 4. The van der Waals surface area contributed by atoms with Crippen molar-refractivity contribution < 1.29 is 39.4 Å². The Hall–Kier alpha value is -7.84. The molecule has 8 heteroatoms. The highest BCUT2D eigenvalue weighted by molar-refractivity contribution is 5.88. The molecule has 0 radical (unpaired) electrons. The smallest absolute Gasteiger partial charge is 0.160 e. The fourth-order valence-electron chi connectivity index (χ4n) is 9.69. The molecule has 2 aliphatic rings. The summed E-state index contributed by atoms with van der Waals surface area (Å²) >= 11 is 0. The summed E-state index contributed by atoms with van der Waals surface area (Å²) in [5.74, 6) is 1.98. The van der Waals surface area contributed by atoms with Crippen LogP contribution in [-0.2, 0) is 10.8 Å². The van der Waals surface area contributed by atoms with Crippen molar-refractivity contribution in [2.75, 3.05) is 28.4 Å². The SMILES string of the molecule is COc1cc(C2(c3ccc(O)c(OC)c3)c3ccccc3-c3ccccc32)ccc1O.COc1cc(C2(c3ccc(O)c(OC)c3)c3ccccc3-c3ccccc32)ccc1O. The minimum atomic E-state index is -0.671. The zero-order valence-corrected chi connectivity index (χ0v) is 34.6. The Morgan fingerprint density at radius 1 is 0.290 bits per heavy atom. The summed E-state index contributed by atoms with van der Waals surface area (Å²) in [6, 6.07) is 55.3. The first kappa shape index (κ1) is 39.6. The summed E-state index contributed by atoms with van der Waals surface area (Å²) in [5.41, 5.74) is 11.6. The lowest BCUT2D eigenvalue weighted by Crippen LogP contribution is -2.28. The molecule has 0 unspecified atom stereocenters. The quantitative estimate of drug-likeness (QED) is 0.120. The fourth-order valence-corrected chi connectivity index (χ4v) is 9.69. The second-order valence-electron chi connectivity index (χ2n) is 15.2. The van der Waals surface area contributed by atoms with Gasteiger partial charge in [-0.05, 0) is 115 Å². The first-order chi connectivity index (χ1) is 30.2. The van der Waals surface area contributed by atoms with Crippen LogP contribution in [0.5, 0.6) is 46.0 Å². The molecular formula is C54H44O8. The van der Waals surface area contributed by atoms with Crippen molar-refractivity contribution in [2.45, 2.75) is 10.8 Å². The van der Waals surface area contributed by atoms with E-state index in [1.54, 1.807) is 52.7 Å². The summed E-state index contributed by atoms with van der Waals surface area (Å²) in [5, 5.41) is 41.1. The van der Waals surface area contributed by atoms with Gasteiger partial charge in [0, 0.05) is 0 Å². The van der Waals surface area contributed by atoms with E-state index in [0.717, 1.165) is 66.8 Å². The van der Waals surface area contributed by atoms with Gasteiger partial charge in [0.1, 0.15) is 0 Å². The van der Waals surface area contributed by atoms with E-state index in [4.69, 9.17) is 18.9 Å². The third-order valence-electron chi connectivity index (χ3n) is 12.4. The maximum absolute atomic E-state index is 10.3. The molecule has 62 heavy (non-hydrogen) atoms. The Morgan fingerprint density at radius 2 is 0.500 bits per heavy atom. The van der Waals surface area contributed by atoms with Crippen molar-refractivity contribution in [2.24, 2.45) is 0 Å². The molecule has 0 heterocycles. The highest BCUT2D eigenvalue weighted by Crippen LogP contribution is 2.59. The summed E-state index contributed by atoms with van der Waals surface area (Å²) in [6.45, 7) is 0. The number of fused-ring (bicyclic) bond motifs is 6. The van der Waals surface area contributed by atoms with Gasteiger partial charge in [-0.2, -0.15) is 0 Å². The van der Waals surface area contributed by atoms with Gasteiger partial charge in [0.25, 0.3) is 0 Å². The third-order valence-corrected chi connectivity index (χ3v) is 12.4. The molecule has 0 saturated heterocycles. The molecule has 8 nitrogen and oxygen atoms in total. The first-order valence-electron chi connectivity index (χ1n) is 20.1. The number of hydrogen-bond donors (Lipinski definition) is 4. The monoisotopic (exact) mass is 820 g/mol. The van der Waals surface area contributed by atoms with Gasteiger partial charge in [0.15, 0.2) is 46.0 Å². The Balaban J connectivity index is 0.000000158. The average molecular weight is 821 g/mol. The van der Waals surface area contributed by atoms with Crippen molar-refractivity contribution in [1.29, 1.82) is 0 Å². The zero-order chi connectivity index (χ0) is 43.2. The maximum atomic E-state index is 10.3. The summed E-state index contributed by atoms with van der Waals surface area (Å²) in [6.07, 6.45) is 0. The van der Waals surface area contributed by atoms with E-state index in [1.807, 2.05) is 97.1 Å². The van der Waals surface area contributed by atoms with E-state index in [9.17, 15) is 20.4 Å². The van der Waals surface area contributed by atoms with Gasteiger partial charge in [0.2, 0.25) is 0 Å². The number of rotatable bonds is 8. The second kappa shape index (κ2) is 15.6. The van der Waals surface area contributed by atoms with Crippen LogP contribution < -0.4 is 18.9 Å². The van der Waals surface area contributed by atoms with Crippen LogP contribution in [0.4, 0.5) is 0 Å². The van der Waals surface area contributed by atoms with Crippen LogP contribution in [0.1, 0.15) is 44.5 Å². The van der Waals surface area contributed by atoms with Gasteiger partial charge in [0.05, 0.1) is 39.3 Å². The number of phenols is 4. The van der Waals surface area contributed by atoms with Gasteiger partial charge in [-0.15, -0.1) is 0 Å². The zero-order valence-electron chi connectivity index (χ0n) is 34.6. The van der Waals surface area contributed by atoms with E-state index in [-0.39, 0.29) is 23.0 Å². The highest BCUT2D eigenvalue weighted by atomic mass is 16.5. The van der Waals surface area contributed by atoms with Gasteiger partial charge < -0.3 is 39.4 Å². The lowest BCUT2D eigenvalue weighted by atomic mass is 9.67. The predicted molar refractivity (Wildman–Crippen MR) is 240 cm³/mol. The standard InChI is InChI=1S/2C27H22O4/c2*1-30-25-15-17(11-13-23(25)28)27(18-12-14-24(29)26(16-18)31-2)21-9-5-3-7-19(21)20-8-4-6-10-22(20)27/h2*3-16,28-29H,1-2H3. The molecule has 0 atom stereocenters. The van der Waals surface area contributed by atoms with E-state index in [1.165, 1.54) is 0 Å². The third kappa shape index (κ3) is 5.90. The minimum Gasteiger partial charge on any atom is -0.504 e. The maximum Gasteiger partial charge on any atom is 0.160 e.